The van der Waals surface area contributed by atoms with Crippen molar-refractivity contribution >= 4 is 29.4 Å². The Morgan fingerprint density at radius 3 is 2.79 bits per heavy atom. The summed E-state index contributed by atoms with van der Waals surface area (Å²) in [6, 6.07) is 8.47. The van der Waals surface area contributed by atoms with Crippen LogP contribution in [0.25, 0.3) is 0 Å². The van der Waals surface area contributed by atoms with E-state index < -0.39 is 36.0 Å². The Morgan fingerprint density at radius 2 is 1.97 bits per heavy atom. The Kier molecular flexibility index (Phi) is 5.09. The molecule has 2 unspecified atom stereocenters. The molecule has 3 aliphatic heterocycles. The van der Waals surface area contributed by atoms with Gasteiger partial charge >= 0.3 is 6.03 Å². The average molecular weight is 452 g/mol. The van der Waals surface area contributed by atoms with Gasteiger partial charge in [0.2, 0.25) is 18.6 Å². The van der Waals surface area contributed by atoms with E-state index in [1.54, 1.807) is 36.4 Å². The number of fused-ring (bicyclic) bond motifs is 2. The molecule has 1 fully saturated rings. The number of ether oxygens (including phenoxy) is 2. The lowest BCUT2D eigenvalue weighted by Gasteiger charge is -2.31. The number of carbonyl (C=O) groups is 4. The van der Waals surface area contributed by atoms with Gasteiger partial charge in [-0.2, -0.15) is 0 Å². The van der Waals surface area contributed by atoms with E-state index in [1.807, 2.05) is 0 Å². The lowest BCUT2D eigenvalue weighted by Crippen LogP contribution is -2.53. The van der Waals surface area contributed by atoms with Gasteiger partial charge in [0.15, 0.2) is 17.7 Å². The molecule has 33 heavy (non-hydrogen) atoms. The molecule has 0 spiro atoms. The van der Waals surface area contributed by atoms with E-state index in [-0.39, 0.29) is 31.7 Å². The zero-order valence-corrected chi connectivity index (χ0v) is 17.3. The Bertz CT molecular complexity index is 1180. The third-order valence-electron chi connectivity index (χ3n) is 5.79. The monoisotopic (exact) mass is 452 g/mol. The van der Waals surface area contributed by atoms with Crippen molar-refractivity contribution in [3.63, 3.8) is 0 Å². The van der Waals surface area contributed by atoms with Crippen molar-refractivity contribution in [2.45, 2.75) is 31.7 Å². The van der Waals surface area contributed by atoms with Crippen LogP contribution in [0.4, 0.5) is 10.5 Å². The summed E-state index contributed by atoms with van der Waals surface area (Å²) >= 11 is 0. The average Bonchev–Trinajstić information content (AvgIpc) is 3.35. The number of aliphatic hydroxyl groups is 1. The number of amides is 5. The van der Waals surface area contributed by atoms with Crippen LogP contribution >= 0.6 is 0 Å². The number of piperidine rings is 1. The maximum Gasteiger partial charge on any atom is 0.319 e. The highest BCUT2D eigenvalue weighted by atomic mass is 16.7. The third-order valence-corrected chi connectivity index (χ3v) is 5.79. The molecular formula is C22H20N4O7. The number of imide groups is 1. The van der Waals surface area contributed by atoms with Gasteiger partial charge in [-0.05, 0) is 24.1 Å². The fraction of sp³-hybridized carbons (Fsp3) is 0.273. The van der Waals surface area contributed by atoms with Crippen LogP contribution in [0.1, 0.15) is 40.6 Å². The Morgan fingerprint density at radius 1 is 1.15 bits per heavy atom. The molecule has 2 aromatic carbocycles. The fourth-order valence-corrected chi connectivity index (χ4v) is 4.22. The summed E-state index contributed by atoms with van der Waals surface area (Å²) in [5, 5.41) is 18.3. The Hall–Kier alpha value is -4.12. The van der Waals surface area contributed by atoms with Crippen molar-refractivity contribution in [1.82, 2.24) is 15.5 Å². The number of aliphatic hydroxyl groups excluding tert-OH is 1. The number of anilines is 1. The molecule has 4 N–H and O–H groups in total. The van der Waals surface area contributed by atoms with E-state index in [1.165, 1.54) is 0 Å². The maximum absolute atomic E-state index is 13.1. The minimum Gasteiger partial charge on any atom is -0.454 e. The van der Waals surface area contributed by atoms with Gasteiger partial charge in [-0.3, -0.25) is 24.6 Å². The number of nitrogens with one attached hydrogen (secondary N) is 3. The van der Waals surface area contributed by atoms with Crippen molar-refractivity contribution in [1.29, 1.82) is 0 Å². The first kappa shape index (κ1) is 20.8. The quantitative estimate of drug-likeness (QED) is 0.506. The molecule has 11 nitrogen and oxygen atoms in total. The SMILES string of the molecule is O=C1CCC(N2C(=O)c3c(CNC(=O)Nc4ccc5c(c4)OCO5)cccc3C2O)C(=O)N1. The molecule has 5 rings (SSSR count). The minimum absolute atomic E-state index is 0.0151. The molecule has 0 aromatic heterocycles. The van der Waals surface area contributed by atoms with E-state index in [0.717, 1.165) is 4.90 Å². The van der Waals surface area contributed by atoms with Gasteiger partial charge < -0.3 is 25.2 Å². The largest absolute Gasteiger partial charge is 0.454 e. The summed E-state index contributed by atoms with van der Waals surface area (Å²) in [6.07, 6.45) is -1.11. The van der Waals surface area contributed by atoms with Gasteiger partial charge in [-0.15, -0.1) is 0 Å². The maximum atomic E-state index is 13.1. The molecule has 3 aliphatic rings. The van der Waals surface area contributed by atoms with Crippen LogP contribution < -0.4 is 25.4 Å². The molecule has 0 aliphatic carbocycles. The summed E-state index contributed by atoms with van der Waals surface area (Å²) in [5.74, 6) is -0.427. The van der Waals surface area contributed by atoms with E-state index >= 15 is 0 Å². The summed E-state index contributed by atoms with van der Waals surface area (Å²) in [7, 11) is 0. The lowest BCUT2D eigenvalue weighted by atomic mass is 10.0. The molecule has 5 amide bonds. The van der Waals surface area contributed by atoms with E-state index in [2.05, 4.69) is 16.0 Å². The molecule has 3 heterocycles. The molecule has 0 radical (unpaired) electrons. The second kappa shape index (κ2) is 8.10. The van der Waals surface area contributed by atoms with Crippen LogP contribution in [0.2, 0.25) is 0 Å². The lowest BCUT2D eigenvalue weighted by molar-refractivity contribution is -0.139. The normalized spacial score (nSPS) is 21.0. The summed E-state index contributed by atoms with van der Waals surface area (Å²) in [6.45, 7) is 0.140. The van der Waals surface area contributed by atoms with E-state index in [9.17, 15) is 24.3 Å². The molecule has 11 heteroatoms. The predicted octanol–water partition coefficient (Wildman–Crippen LogP) is 0.989. The summed E-state index contributed by atoms with van der Waals surface area (Å²) < 4.78 is 10.5. The van der Waals surface area contributed by atoms with Gasteiger partial charge in [0.25, 0.3) is 5.91 Å². The van der Waals surface area contributed by atoms with Crippen LogP contribution in [-0.2, 0) is 16.1 Å². The van der Waals surface area contributed by atoms with Crippen molar-refractivity contribution in [2.75, 3.05) is 12.1 Å². The molecule has 170 valence electrons. The topological polar surface area (TPSA) is 146 Å². The van der Waals surface area contributed by atoms with Crippen molar-refractivity contribution in [3.05, 3.63) is 53.1 Å². The highest BCUT2D eigenvalue weighted by molar-refractivity contribution is 6.06. The molecule has 2 aromatic rings. The second-order valence-corrected chi connectivity index (χ2v) is 7.81. The van der Waals surface area contributed by atoms with Crippen molar-refractivity contribution in [3.8, 4) is 11.5 Å². The van der Waals surface area contributed by atoms with Crippen LogP contribution in [0, 0.1) is 0 Å². The molecular weight excluding hydrogens is 432 g/mol. The highest BCUT2D eigenvalue weighted by Gasteiger charge is 2.45. The number of rotatable bonds is 4. The smallest absolute Gasteiger partial charge is 0.319 e. The number of hydrogen-bond acceptors (Lipinski definition) is 7. The van der Waals surface area contributed by atoms with Gasteiger partial charge in [0.05, 0.1) is 5.56 Å². The summed E-state index contributed by atoms with van der Waals surface area (Å²) in [5.41, 5.74) is 1.58. The number of hydrogen-bond donors (Lipinski definition) is 4. The number of carbonyl (C=O) groups excluding carboxylic acids is 4. The number of nitrogens with zero attached hydrogens (tertiary/aromatic N) is 1. The third kappa shape index (κ3) is 3.72. The fourth-order valence-electron chi connectivity index (χ4n) is 4.22. The first-order valence-electron chi connectivity index (χ1n) is 10.3. The molecule has 0 bridgehead atoms. The molecule has 0 saturated carbocycles. The number of urea groups is 1. The van der Waals surface area contributed by atoms with E-state index in [4.69, 9.17) is 9.47 Å². The molecule has 2 atom stereocenters. The zero-order valence-electron chi connectivity index (χ0n) is 17.3. The first-order chi connectivity index (χ1) is 15.9. The van der Waals surface area contributed by atoms with Crippen LogP contribution in [0.3, 0.4) is 0 Å². The van der Waals surface area contributed by atoms with Gasteiger partial charge in [-0.1, -0.05) is 18.2 Å². The van der Waals surface area contributed by atoms with Gasteiger partial charge in [0, 0.05) is 30.3 Å². The minimum atomic E-state index is -1.32. The van der Waals surface area contributed by atoms with Crippen LogP contribution in [-0.4, -0.2) is 46.6 Å². The predicted molar refractivity (Wildman–Crippen MR) is 112 cm³/mol. The molecule has 1 saturated heterocycles. The second-order valence-electron chi connectivity index (χ2n) is 7.81. The van der Waals surface area contributed by atoms with Crippen LogP contribution in [0.15, 0.2) is 36.4 Å². The van der Waals surface area contributed by atoms with Crippen molar-refractivity contribution < 1.29 is 33.8 Å². The van der Waals surface area contributed by atoms with Crippen LogP contribution in [0.5, 0.6) is 11.5 Å². The first-order valence-corrected chi connectivity index (χ1v) is 10.3. The number of benzene rings is 2. The Labute approximate surface area is 187 Å². The van der Waals surface area contributed by atoms with E-state index in [0.29, 0.717) is 28.3 Å². The summed E-state index contributed by atoms with van der Waals surface area (Å²) in [4.78, 5) is 50.3. The van der Waals surface area contributed by atoms with Gasteiger partial charge in [0.1, 0.15) is 6.04 Å². The van der Waals surface area contributed by atoms with Gasteiger partial charge in [-0.25, -0.2) is 4.79 Å². The highest BCUT2D eigenvalue weighted by Crippen LogP contribution is 2.37. The Balaban J connectivity index is 1.29. The zero-order chi connectivity index (χ0) is 23.1. The van der Waals surface area contributed by atoms with Crippen molar-refractivity contribution in [2.24, 2.45) is 0 Å². The standard InChI is InChI=1S/C22H20N4O7/c27-17-7-5-14(19(28)25-17)26-20(29)13-3-1-2-11(18(13)21(26)30)9-23-22(31)24-12-4-6-15-16(8-12)33-10-32-15/h1-4,6,8,14,20,29H,5,7,9-10H2,(H2,23,24,31)(H,25,27,28).